The van der Waals surface area contributed by atoms with Crippen LogP contribution in [0.5, 0.6) is 0 Å². The van der Waals surface area contributed by atoms with Crippen LogP contribution >= 0.6 is 0 Å². The van der Waals surface area contributed by atoms with Crippen LogP contribution in [-0.4, -0.2) is 11.9 Å². The summed E-state index contributed by atoms with van der Waals surface area (Å²) in [4.78, 5) is 12.7. The number of hydrogen-bond donors (Lipinski definition) is 1. The third kappa shape index (κ3) is 5.06. The smallest absolute Gasteiger partial charge is 0.221 e. The van der Waals surface area contributed by atoms with E-state index in [1.54, 1.807) is 0 Å². The van der Waals surface area contributed by atoms with Gasteiger partial charge in [0, 0.05) is 18.4 Å². The molecular weight excluding hydrogens is 318 g/mol. The number of carbonyl (C=O) groups is 1. The van der Waals surface area contributed by atoms with Gasteiger partial charge in [-0.2, -0.15) is 0 Å². The molecular formula is C24H25NO. The number of rotatable bonds is 7. The van der Waals surface area contributed by atoms with Crippen LogP contribution in [0.15, 0.2) is 91.0 Å². The molecule has 0 aliphatic rings. The van der Waals surface area contributed by atoms with Crippen LogP contribution in [0.2, 0.25) is 0 Å². The molecule has 0 fully saturated rings. The van der Waals surface area contributed by atoms with Gasteiger partial charge in [0.05, 0.1) is 0 Å². The SMILES string of the molecule is CC(Cc1ccccc1)NC(=O)CC(c1ccccc1)c1ccccc1. The number of carbonyl (C=O) groups excluding carboxylic acids is 1. The predicted octanol–water partition coefficient (Wildman–Crippen LogP) is 4.96. The molecule has 2 heteroatoms. The zero-order valence-corrected chi connectivity index (χ0v) is 15.1. The Bertz CT molecular complexity index is 760. The Morgan fingerprint density at radius 2 is 1.23 bits per heavy atom. The van der Waals surface area contributed by atoms with Crippen molar-refractivity contribution in [3.8, 4) is 0 Å². The monoisotopic (exact) mass is 343 g/mol. The second kappa shape index (κ2) is 9.00. The van der Waals surface area contributed by atoms with Crippen LogP contribution in [0.3, 0.4) is 0 Å². The minimum Gasteiger partial charge on any atom is -0.353 e. The molecule has 0 bridgehead atoms. The normalized spacial score (nSPS) is 11.9. The highest BCUT2D eigenvalue weighted by atomic mass is 16.1. The van der Waals surface area contributed by atoms with E-state index in [-0.39, 0.29) is 17.9 Å². The molecule has 3 aromatic rings. The van der Waals surface area contributed by atoms with E-state index in [4.69, 9.17) is 0 Å². The van der Waals surface area contributed by atoms with Gasteiger partial charge in [0.25, 0.3) is 0 Å². The molecule has 0 spiro atoms. The Labute approximate surface area is 155 Å². The molecule has 0 aromatic heterocycles. The molecule has 0 saturated heterocycles. The summed E-state index contributed by atoms with van der Waals surface area (Å²) in [5.74, 6) is 0.160. The first-order chi connectivity index (χ1) is 12.7. The number of nitrogens with one attached hydrogen (secondary N) is 1. The van der Waals surface area contributed by atoms with Gasteiger partial charge in [-0.25, -0.2) is 0 Å². The van der Waals surface area contributed by atoms with Crippen LogP contribution in [0.25, 0.3) is 0 Å². The van der Waals surface area contributed by atoms with Crippen molar-refractivity contribution in [2.45, 2.75) is 31.7 Å². The molecule has 132 valence electrons. The van der Waals surface area contributed by atoms with Gasteiger partial charge in [0.15, 0.2) is 0 Å². The second-order valence-corrected chi connectivity index (χ2v) is 6.74. The van der Waals surface area contributed by atoms with Crippen LogP contribution in [0, 0.1) is 0 Å². The number of amides is 1. The van der Waals surface area contributed by atoms with E-state index in [9.17, 15) is 4.79 Å². The molecule has 0 aliphatic heterocycles. The van der Waals surface area contributed by atoms with Crippen molar-refractivity contribution in [2.75, 3.05) is 0 Å². The summed E-state index contributed by atoms with van der Waals surface area (Å²) in [7, 11) is 0. The van der Waals surface area contributed by atoms with E-state index in [0.29, 0.717) is 6.42 Å². The van der Waals surface area contributed by atoms with E-state index in [0.717, 1.165) is 6.42 Å². The topological polar surface area (TPSA) is 29.1 Å². The first kappa shape index (κ1) is 17.9. The van der Waals surface area contributed by atoms with Crippen molar-refractivity contribution in [3.63, 3.8) is 0 Å². The quantitative estimate of drug-likeness (QED) is 0.646. The Hall–Kier alpha value is -2.87. The fourth-order valence-corrected chi connectivity index (χ4v) is 3.34. The lowest BCUT2D eigenvalue weighted by Gasteiger charge is -2.20. The molecule has 1 N–H and O–H groups in total. The maximum atomic E-state index is 12.7. The highest BCUT2D eigenvalue weighted by molar-refractivity contribution is 5.77. The Morgan fingerprint density at radius 1 is 0.769 bits per heavy atom. The van der Waals surface area contributed by atoms with E-state index >= 15 is 0 Å². The molecule has 0 aliphatic carbocycles. The fraction of sp³-hybridized carbons (Fsp3) is 0.208. The van der Waals surface area contributed by atoms with Crippen molar-refractivity contribution >= 4 is 5.91 Å². The lowest BCUT2D eigenvalue weighted by Crippen LogP contribution is -2.35. The third-order valence-corrected chi connectivity index (χ3v) is 4.59. The first-order valence-electron chi connectivity index (χ1n) is 9.15. The average molecular weight is 343 g/mol. The average Bonchev–Trinajstić information content (AvgIpc) is 2.68. The van der Waals surface area contributed by atoms with E-state index < -0.39 is 0 Å². The van der Waals surface area contributed by atoms with Crippen LogP contribution in [0.4, 0.5) is 0 Å². The lowest BCUT2D eigenvalue weighted by atomic mass is 9.88. The summed E-state index contributed by atoms with van der Waals surface area (Å²) in [6, 6.07) is 30.9. The Morgan fingerprint density at radius 3 is 1.73 bits per heavy atom. The fourth-order valence-electron chi connectivity index (χ4n) is 3.34. The van der Waals surface area contributed by atoms with Crippen molar-refractivity contribution in [1.82, 2.24) is 5.32 Å². The molecule has 2 nitrogen and oxygen atoms in total. The number of benzene rings is 3. The van der Waals surface area contributed by atoms with Crippen molar-refractivity contribution < 1.29 is 4.79 Å². The molecule has 1 unspecified atom stereocenters. The number of hydrogen-bond acceptors (Lipinski definition) is 1. The molecule has 1 amide bonds. The van der Waals surface area contributed by atoms with Crippen molar-refractivity contribution in [3.05, 3.63) is 108 Å². The lowest BCUT2D eigenvalue weighted by molar-refractivity contribution is -0.121. The van der Waals surface area contributed by atoms with Gasteiger partial charge < -0.3 is 5.32 Å². The van der Waals surface area contributed by atoms with Gasteiger partial charge in [0.2, 0.25) is 5.91 Å². The Balaban J connectivity index is 1.68. The highest BCUT2D eigenvalue weighted by Gasteiger charge is 2.19. The minimum absolute atomic E-state index is 0.0707. The largest absolute Gasteiger partial charge is 0.353 e. The van der Waals surface area contributed by atoms with E-state index in [1.165, 1.54) is 16.7 Å². The van der Waals surface area contributed by atoms with E-state index in [2.05, 4.69) is 48.6 Å². The Kier molecular flexibility index (Phi) is 6.21. The maximum absolute atomic E-state index is 12.7. The highest BCUT2D eigenvalue weighted by Crippen LogP contribution is 2.27. The molecule has 3 rings (SSSR count). The zero-order valence-electron chi connectivity index (χ0n) is 15.1. The van der Waals surface area contributed by atoms with E-state index in [1.807, 2.05) is 54.6 Å². The molecule has 0 radical (unpaired) electrons. The van der Waals surface area contributed by atoms with Gasteiger partial charge in [-0.15, -0.1) is 0 Å². The minimum atomic E-state index is 0.0707. The predicted molar refractivity (Wildman–Crippen MR) is 107 cm³/mol. The first-order valence-corrected chi connectivity index (χ1v) is 9.15. The summed E-state index contributed by atoms with van der Waals surface area (Å²) in [5.41, 5.74) is 3.58. The molecule has 3 aromatic carbocycles. The van der Waals surface area contributed by atoms with Crippen molar-refractivity contribution in [2.24, 2.45) is 0 Å². The molecule has 0 heterocycles. The second-order valence-electron chi connectivity index (χ2n) is 6.74. The van der Waals surface area contributed by atoms with Crippen LogP contribution in [0.1, 0.15) is 36.0 Å². The summed E-state index contributed by atoms with van der Waals surface area (Å²) < 4.78 is 0. The summed E-state index contributed by atoms with van der Waals surface area (Å²) in [6.45, 7) is 2.06. The van der Waals surface area contributed by atoms with Crippen LogP contribution < -0.4 is 5.32 Å². The van der Waals surface area contributed by atoms with Crippen molar-refractivity contribution in [1.29, 1.82) is 0 Å². The van der Waals surface area contributed by atoms with Gasteiger partial charge in [-0.1, -0.05) is 91.0 Å². The van der Waals surface area contributed by atoms with Gasteiger partial charge in [0.1, 0.15) is 0 Å². The van der Waals surface area contributed by atoms with Crippen LogP contribution in [-0.2, 0) is 11.2 Å². The molecule has 0 saturated carbocycles. The maximum Gasteiger partial charge on any atom is 0.221 e. The third-order valence-electron chi connectivity index (χ3n) is 4.59. The summed E-state index contributed by atoms with van der Waals surface area (Å²) >= 11 is 0. The van der Waals surface area contributed by atoms with Gasteiger partial charge in [-0.05, 0) is 30.0 Å². The standard InChI is InChI=1S/C24H25NO/c1-19(17-20-11-5-2-6-12-20)25-24(26)18-23(21-13-7-3-8-14-21)22-15-9-4-10-16-22/h2-16,19,23H,17-18H2,1H3,(H,25,26). The van der Waals surface area contributed by atoms with Gasteiger partial charge >= 0.3 is 0 Å². The van der Waals surface area contributed by atoms with Gasteiger partial charge in [-0.3, -0.25) is 4.79 Å². The molecule has 26 heavy (non-hydrogen) atoms. The summed E-state index contributed by atoms with van der Waals surface area (Å²) in [6.07, 6.45) is 1.29. The molecule has 1 atom stereocenters. The summed E-state index contributed by atoms with van der Waals surface area (Å²) in [5, 5.41) is 3.16. The zero-order chi connectivity index (χ0) is 18.2.